The van der Waals surface area contributed by atoms with E-state index in [0.29, 0.717) is 17.0 Å². The smallest absolute Gasteiger partial charge is 0.269 e. The third-order valence-corrected chi connectivity index (χ3v) is 5.00. The number of fused-ring (bicyclic) bond motifs is 2. The number of aromatic nitrogens is 6. The van der Waals surface area contributed by atoms with Gasteiger partial charge in [-0.3, -0.25) is 9.36 Å². The van der Waals surface area contributed by atoms with Crippen molar-refractivity contribution in [3.63, 3.8) is 0 Å². The molecule has 5 aromatic rings. The van der Waals surface area contributed by atoms with Gasteiger partial charge in [0.15, 0.2) is 23.1 Å². The van der Waals surface area contributed by atoms with Crippen molar-refractivity contribution >= 4 is 27.9 Å². The highest BCUT2D eigenvalue weighted by Crippen LogP contribution is 2.24. The number of nitrogens with one attached hydrogen (secondary N) is 2. The molecular formula is C21H14F3N7O. The number of anilines is 1. The Hall–Kier alpha value is -4.28. The highest BCUT2D eigenvalue weighted by atomic mass is 19.2. The largest absolute Gasteiger partial charge is 0.358 e. The third kappa shape index (κ3) is 3.14. The number of aromatic amines is 1. The molecule has 32 heavy (non-hydrogen) atoms. The molecule has 8 nitrogen and oxygen atoms in total. The number of nitrogens with zero attached hydrogens (tertiary/aromatic N) is 5. The predicted molar refractivity (Wildman–Crippen MR) is 111 cm³/mol. The molecule has 0 aliphatic carbocycles. The van der Waals surface area contributed by atoms with E-state index in [-0.39, 0.29) is 22.4 Å². The zero-order chi connectivity index (χ0) is 22.4. The van der Waals surface area contributed by atoms with Crippen molar-refractivity contribution in [2.24, 2.45) is 0 Å². The van der Waals surface area contributed by atoms with Crippen LogP contribution in [0.4, 0.5) is 19.0 Å². The Morgan fingerprint density at radius 1 is 1.03 bits per heavy atom. The lowest BCUT2D eigenvalue weighted by atomic mass is 10.2. The summed E-state index contributed by atoms with van der Waals surface area (Å²) in [4.78, 5) is 33.0. The van der Waals surface area contributed by atoms with Crippen molar-refractivity contribution in [2.75, 3.05) is 5.32 Å². The van der Waals surface area contributed by atoms with Gasteiger partial charge < -0.3 is 10.3 Å². The fourth-order valence-electron chi connectivity index (χ4n) is 3.52. The summed E-state index contributed by atoms with van der Waals surface area (Å²) in [6.45, 7) is 1.70. The van der Waals surface area contributed by atoms with Crippen LogP contribution in [0.15, 0.2) is 53.8 Å². The maximum absolute atomic E-state index is 14.5. The second-order valence-corrected chi connectivity index (χ2v) is 7.03. The minimum absolute atomic E-state index is 0.00424. The average molecular weight is 437 g/mol. The van der Waals surface area contributed by atoms with Crippen LogP contribution in [0.3, 0.4) is 0 Å². The standard InChI is InChI=1S/C21H14F3N7O/c1-10(29-19-17-18(26-8-25-17)27-9-28-19)20-30-15-4-2-3-13(23)16(15)21(32)31(20)11-5-6-12(22)14(24)7-11/h2-10H,1H3,(H2,25,26,27,28,29)/t10-/m1/s1. The topological polar surface area (TPSA) is 101 Å². The Labute approximate surface area is 177 Å². The number of H-pyrrole nitrogens is 1. The molecule has 5 rings (SSSR count). The molecule has 2 aromatic carbocycles. The van der Waals surface area contributed by atoms with E-state index >= 15 is 0 Å². The van der Waals surface area contributed by atoms with E-state index in [9.17, 15) is 18.0 Å². The molecule has 0 saturated heterocycles. The molecule has 3 aromatic heterocycles. The monoisotopic (exact) mass is 437 g/mol. The first kappa shape index (κ1) is 19.7. The fourth-order valence-corrected chi connectivity index (χ4v) is 3.52. The molecule has 0 saturated carbocycles. The first-order chi connectivity index (χ1) is 15.4. The number of rotatable bonds is 4. The first-order valence-corrected chi connectivity index (χ1v) is 9.51. The minimum Gasteiger partial charge on any atom is -0.358 e. The average Bonchev–Trinajstić information content (AvgIpc) is 3.25. The van der Waals surface area contributed by atoms with Crippen molar-refractivity contribution in [3.05, 3.63) is 82.7 Å². The zero-order valence-corrected chi connectivity index (χ0v) is 16.5. The minimum atomic E-state index is -1.15. The quantitative estimate of drug-likeness (QED) is 0.445. The Morgan fingerprint density at radius 2 is 1.88 bits per heavy atom. The number of benzene rings is 2. The molecule has 3 heterocycles. The molecule has 2 N–H and O–H groups in total. The van der Waals surface area contributed by atoms with Crippen LogP contribution in [0, 0.1) is 17.5 Å². The van der Waals surface area contributed by atoms with Crippen molar-refractivity contribution in [1.82, 2.24) is 29.5 Å². The van der Waals surface area contributed by atoms with Gasteiger partial charge in [0.1, 0.15) is 28.9 Å². The maximum Gasteiger partial charge on any atom is 0.269 e. The molecule has 160 valence electrons. The van der Waals surface area contributed by atoms with E-state index in [0.717, 1.165) is 22.8 Å². The summed E-state index contributed by atoms with van der Waals surface area (Å²) in [5.41, 5.74) is 0.350. The lowest BCUT2D eigenvalue weighted by molar-refractivity contribution is 0.507. The maximum atomic E-state index is 14.5. The van der Waals surface area contributed by atoms with E-state index < -0.39 is 29.1 Å². The fraction of sp³-hybridized carbons (Fsp3) is 0.0952. The van der Waals surface area contributed by atoms with Gasteiger partial charge in [0.2, 0.25) is 0 Å². The zero-order valence-electron chi connectivity index (χ0n) is 16.5. The van der Waals surface area contributed by atoms with Gasteiger partial charge in [-0.05, 0) is 31.2 Å². The van der Waals surface area contributed by atoms with Gasteiger partial charge in [0, 0.05) is 6.07 Å². The Morgan fingerprint density at radius 3 is 2.69 bits per heavy atom. The highest BCUT2D eigenvalue weighted by molar-refractivity contribution is 5.82. The van der Waals surface area contributed by atoms with Crippen LogP contribution >= 0.6 is 0 Å². The number of imidazole rings is 1. The molecule has 0 aliphatic rings. The molecule has 0 unspecified atom stereocenters. The molecule has 0 aliphatic heterocycles. The summed E-state index contributed by atoms with van der Waals surface area (Å²) in [6, 6.07) is 6.39. The summed E-state index contributed by atoms with van der Waals surface area (Å²) in [5, 5.41) is 2.87. The molecule has 0 radical (unpaired) electrons. The van der Waals surface area contributed by atoms with Crippen LogP contribution in [-0.2, 0) is 0 Å². The normalized spacial score (nSPS) is 12.4. The summed E-state index contributed by atoms with van der Waals surface area (Å²) in [5.74, 6) is -2.45. The van der Waals surface area contributed by atoms with E-state index in [4.69, 9.17) is 0 Å². The van der Waals surface area contributed by atoms with Crippen molar-refractivity contribution in [1.29, 1.82) is 0 Å². The van der Waals surface area contributed by atoms with E-state index in [1.807, 2.05) is 0 Å². The first-order valence-electron chi connectivity index (χ1n) is 9.51. The molecular weight excluding hydrogens is 423 g/mol. The second kappa shape index (κ2) is 7.45. The molecule has 1 atom stereocenters. The number of hydrogen-bond donors (Lipinski definition) is 2. The van der Waals surface area contributed by atoms with Gasteiger partial charge >= 0.3 is 0 Å². The molecule has 0 bridgehead atoms. The van der Waals surface area contributed by atoms with E-state index in [1.165, 1.54) is 30.9 Å². The summed E-state index contributed by atoms with van der Waals surface area (Å²) < 4.78 is 43.0. The predicted octanol–water partition coefficient (Wildman–Crippen LogP) is 3.64. The molecule has 0 amide bonds. The highest BCUT2D eigenvalue weighted by Gasteiger charge is 2.21. The van der Waals surface area contributed by atoms with Gasteiger partial charge in [-0.2, -0.15) is 0 Å². The van der Waals surface area contributed by atoms with Crippen molar-refractivity contribution in [3.8, 4) is 5.69 Å². The van der Waals surface area contributed by atoms with Gasteiger partial charge in [-0.15, -0.1) is 0 Å². The summed E-state index contributed by atoms with van der Waals surface area (Å²) in [6.07, 6.45) is 2.79. The Bertz CT molecular complexity index is 1550. The lowest BCUT2D eigenvalue weighted by Crippen LogP contribution is -2.28. The van der Waals surface area contributed by atoms with Crippen LogP contribution < -0.4 is 10.9 Å². The van der Waals surface area contributed by atoms with E-state index in [1.54, 1.807) is 6.92 Å². The third-order valence-electron chi connectivity index (χ3n) is 5.00. The molecule has 0 spiro atoms. The van der Waals surface area contributed by atoms with E-state index in [2.05, 4.69) is 30.2 Å². The van der Waals surface area contributed by atoms with Crippen molar-refractivity contribution < 1.29 is 13.2 Å². The Balaban J connectivity index is 1.73. The Kier molecular flexibility index (Phi) is 4.58. The van der Waals surface area contributed by atoms with Crippen LogP contribution in [0.5, 0.6) is 0 Å². The second-order valence-electron chi connectivity index (χ2n) is 7.03. The molecule has 11 heteroatoms. The SMILES string of the molecule is C[C@@H](Nc1ncnc2nc[nH]c12)c1nc2cccc(F)c2c(=O)n1-c1ccc(F)c(F)c1. The van der Waals surface area contributed by atoms with Crippen LogP contribution in [0.2, 0.25) is 0 Å². The summed E-state index contributed by atoms with van der Waals surface area (Å²) in [7, 11) is 0. The van der Waals surface area contributed by atoms with Crippen LogP contribution in [0.25, 0.3) is 27.8 Å². The van der Waals surface area contributed by atoms with Crippen LogP contribution in [0.1, 0.15) is 18.8 Å². The van der Waals surface area contributed by atoms with Gasteiger partial charge in [-0.25, -0.2) is 33.1 Å². The van der Waals surface area contributed by atoms with Gasteiger partial charge in [0.05, 0.1) is 23.6 Å². The van der Waals surface area contributed by atoms with Crippen molar-refractivity contribution in [2.45, 2.75) is 13.0 Å². The number of hydrogen-bond acceptors (Lipinski definition) is 6. The van der Waals surface area contributed by atoms with Crippen LogP contribution in [-0.4, -0.2) is 29.5 Å². The number of halogens is 3. The van der Waals surface area contributed by atoms with Gasteiger partial charge in [-0.1, -0.05) is 6.07 Å². The molecule has 0 fully saturated rings. The summed E-state index contributed by atoms with van der Waals surface area (Å²) >= 11 is 0. The van der Waals surface area contributed by atoms with Gasteiger partial charge in [0.25, 0.3) is 5.56 Å². The lowest BCUT2D eigenvalue weighted by Gasteiger charge is -2.20.